The Kier molecular flexibility index (Phi) is 4.72. The molecule has 0 heterocycles. The van der Waals surface area contributed by atoms with E-state index in [1.165, 1.54) is 0 Å². The molecule has 0 bridgehead atoms. The predicted octanol–water partition coefficient (Wildman–Crippen LogP) is 3.80. The molecule has 124 valence electrons. The molecule has 0 aliphatic rings. The Morgan fingerprint density at radius 2 is 1.44 bits per heavy atom. The number of rotatable bonds is 5. The lowest BCUT2D eigenvalue weighted by molar-refractivity contribution is 0.120. The number of hydrogen-bond donors (Lipinski definition) is 2. The summed E-state index contributed by atoms with van der Waals surface area (Å²) >= 11 is 0. The molecule has 0 aromatic heterocycles. The van der Waals surface area contributed by atoms with E-state index in [0.29, 0.717) is 28.4 Å². The first-order valence-corrected chi connectivity index (χ1v) is 7.67. The van der Waals surface area contributed by atoms with Crippen LogP contribution >= 0.6 is 0 Å². The Bertz CT molecular complexity index is 898. The van der Waals surface area contributed by atoms with E-state index in [0.717, 1.165) is 11.1 Å². The first kappa shape index (κ1) is 16.2. The number of hydrogen-bond acceptors (Lipinski definition) is 5. The van der Waals surface area contributed by atoms with Gasteiger partial charge in [0.25, 0.3) is 0 Å². The van der Waals surface area contributed by atoms with Gasteiger partial charge in [0.1, 0.15) is 11.5 Å². The molecule has 3 aromatic rings. The Morgan fingerprint density at radius 3 is 2.04 bits per heavy atom. The fraction of sp³-hybridized carbons (Fsp3) is 0.0500. The Balaban J connectivity index is 1.59. The quantitative estimate of drug-likeness (QED) is 0.548. The summed E-state index contributed by atoms with van der Waals surface area (Å²) in [5, 5.41) is 8.84. The zero-order valence-electron chi connectivity index (χ0n) is 13.5. The van der Waals surface area contributed by atoms with E-state index in [1.807, 2.05) is 36.4 Å². The SMILES string of the molecule is N#Cc1ccc(-c2ccc(OCOc3ccc(N)cc3N)cc2)cc1. The van der Waals surface area contributed by atoms with E-state index in [1.54, 1.807) is 30.3 Å². The van der Waals surface area contributed by atoms with Crippen molar-refractivity contribution in [1.29, 1.82) is 5.26 Å². The maximum absolute atomic E-state index is 8.84. The number of nitrogen functional groups attached to an aromatic ring is 2. The first-order chi connectivity index (χ1) is 12.2. The molecule has 0 aliphatic carbocycles. The molecule has 0 fully saturated rings. The zero-order chi connectivity index (χ0) is 17.6. The molecular weight excluding hydrogens is 314 g/mol. The van der Waals surface area contributed by atoms with Crippen LogP contribution in [0.15, 0.2) is 66.7 Å². The van der Waals surface area contributed by atoms with Crippen LogP contribution in [-0.2, 0) is 0 Å². The minimum absolute atomic E-state index is 0.0460. The Hall–Kier alpha value is -3.65. The van der Waals surface area contributed by atoms with Crippen molar-refractivity contribution in [2.75, 3.05) is 18.3 Å². The van der Waals surface area contributed by atoms with Gasteiger partial charge in [-0.3, -0.25) is 0 Å². The van der Waals surface area contributed by atoms with Gasteiger partial charge >= 0.3 is 0 Å². The summed E-state index contributed by atoms with van der Waals surface area (Å²) in [6, 6.07) is 22.2. The minimum atomic E-state index is 0.0460. The van der Waals surface area contributed by atoms with Gasteiger partial charge in [0, 0.05) is 5.69 Å². The predicted molar refractivity (Wildman–Crippen MR) is 98.0 cm³/mol. The lowest BCUT2D eigenvalue weighted by Gasteiger charge is -2.11. The van der Waals surface area contributed by atoms with E-state index in [9.17, 15) is 0 Å². The number of nitrogens with two attached hydrogens (primary N) is 2. The second kappa shape index (κ2) is 7.28. The monoisotopic (exact) mass is 331 g/mol. The minimum Gasteiger partial charge on any atom is -0.457 e. The topological polar surface area (TPSA) is 94.3 Å². The van der Waals surface area contributed by atoms with Crippen LogP contribution in [0.2, 0.25) is 0 Å². The van der Waals surface area contributed by atoms with Gasteiger partial charge in [-0.25, -0.2) is 0 Å². The number of benzene rings is 3. The lowest BCUT2D eigenvalue weighted by atomic mass is 10.0. The summed E-state index contributed by atoms with van der Waals surface area (Å²) in [4.78, 5) is 0. The second-order valence-corrected chi connectivity index (χ2v) is 5.42. The average Bonchev–Trinajstić information content (AvgIpc) is 2.64. The van der Waals surface area contributed by atoms with Crippen molar-refractivity contribution in [3.63, 3.8) is 0 Å². The number of nitriles is 1. The maximum atomic E-state index is 8.84. The van der Waals surface area contributed by atoms with Crippen LogP contribution < -0.4 is 20.9 Å². The van der Waals surface area contributed by atoms with E-state index in [4.69, 9.17) is 26.2 Å². The number of anilines is 2. The summed E-state index contributed by atoms with van der Waals surface area (Å²) in [5.74, 6) is 1.22. The molecule has 0 saturated heterocycles. The molecule has 0 saturated carbocycles. The molecule has 0 unspecified atom stereocenters. The molecule has 0 atom stereocenters. The fourth-order valence-corrected chi connectivity index (χ4v) is 2.34. The molecule has 5 heteroatoms. The van der Waals surface area contributed by atoms with Crippen LogP contribution in [0.4, 0.5) is 11.4 Å². The average molecular weight is 331 g/mol. The first-order valence-electron chi connectivity index (χ1n) is 7.67. The van der Waals surface area contributed by atoms with Gasteiger partial charge < -0.3 is 20.9 Å². The molecule has 3 rings (SSSR count). The molecular formula is C20H17N3O2. The normalized spacial score (nSPS) is 10.0. The smallest absolute Gasteiger partial charge is 0.230 e. The highest BCUT2D eigenvalue weighted by atomic mass is 16.7. The molecule has 4 N–H and O–H groups in total. The fourth-order valence-electron chi connectivity index (χ4n) is 2.34. The third kappa shape index (κ3) is 4.01. The van der Waals surface area contributed by atoms with Crippen molar-refractivity contribution in [3.05, 3.63) is 72.3 Å². The molecule has 0 radical (unpaired) electrons. The van der Waals surface area contributed by atoms with Crippen molar-refractivity contribution < 1.29 is 9.47 Å². The van der Waals surface area contributed by atoms with Crippen LogP contribution in [0.25, 0.3) is 11.1 Å². The van der Waals surface area contributed by atoms with Gasteiger partial charge in [0.2, 0.25) is 6.79 Å². The van der Waals surface area contributed by atoms with Crippen LogP contribution in [-0.4, -0.2) is 6.79 Å². The summed E-state index contributed by atoms with van der Waals surface area (Å²) in [7, 11) is 0. The van der Waals surface area contributed by atoms with Gasteiger partial charge in [-0.05, 0) is 53.6 Å². The van der Waals surface area contributed by atoms with Crippen LogP contribution in [0.1, 0.15) is 5.56 Å². The standard InChI is InChI=1S/C20H17N3O2/c21-12-14-1-3-15(4-2-14)16-5-8-18(9-6-16)24-13-25-20-10-7-17(22)11-19(20)23/h1-11H,13,22-23H2. The number of ether oxygens (including phenoxy) is 2. The second-order valence-electron chi connectivity index (χ2n) is 5.42. The Morgan fingerprint density at radius 1 is 0.800 bits per heavy atom. The molecule has 0 aliphatic heterocycles. The Labute approximate surface area is 146 Å². The van der Waals surface area contributed by atoms with E-state index in [-0.39, 0.29) is 6.79 Å². The van der Waals surface area contributed by atoms with Crippen LogP contribution in [0, 0.1) is 11.3 Å². The van der Waals surface area contributed by atoms with Gasteiger partial charge in [0.15, 0.2) is 0 Å². The highest BCUT2D eigenvalue weighted by Gasteiger charge is 2.02. The van der Waals surface area contributed by atoms with Crippen molar-refractivity contribution in [2.45, 2.75) is 0 Å². The third-order valence-corrected chi connectivity index (χ3v) is 3.68. The molecule has 0 spiro atoms. The largest absolute Gasteiger partial charge is 0.457 e. The lowest BCUT2D eigenvalue weighted by Crippen LogP contribution is -2.07. The van der Waals surface area contributed by atoms with E-state index >= 15 is 0 Å². The molecule has 5 nitrogen and oxygen atoms in total. The molecule has 0 amide bonds. The van der Waals surface area contributed by atoms with E-state index in [2.05, 4.69) is 6.07 Å². The molecule has 3 aromatic carbocycles. The van der Waals surface area contributed by atoms with Gasteiger partial charge in [-0.15, -0.1) is 0 Å². The summed E-state index contributed by atoms with van der Waals surface area (Å²) in [5.41, 5.74) is 15.2. The molecule has 25 heavy (non-hydrogen) atoms. The highest BCUT2D eigenvalue weighted by Crippen LogP contribution is 2.25. The van der Waals surface area contributed by atoms with Crippen molar-refractivity contribution in [2.24, 2.45) is 0 Å². The third-order valence-electron chi connectivity index (χ3n) is 3.68. The summed E-state index contributed by atoms with van der Waals surface area (Å²) in [6.07, 6.45) is 0. The summed E-state index contributed by atoms with van der Waals surface area (Å²) < 4.78 is 11.1. The van der Waals surface area contributed by atoms with Gasteiger partial charge in [-0.1, -0.05) is 24.3 Å². The van der Waals surface area contributed by atoms with Crippen LogP contribution in [0.5, 0.6) is 11.5 Å². The maximum Gasteiger partial charge on any atom is 0.230 e. The van der Waals surface area contributed by atoms with Crippen molar-refractivity contribution in [1.82, 2.24) is 0 Å². The van der Waals surface area contributed by atoms with Crippen LogP contribution in [0.3, 0.4) is 0 Å². The van der Waals surface area contributed by atoms with Crippen molar-refractivity contribution in [3.8, 4) is 28.7 Å². The van der Waals surface area contributed by atoms with Gasteiger partial charge in [0.05, 0.1) is 17.3 Å². The van der Waals surface area contributed by atoms with Crippen molar-refractivity contribution >= 4 is 11.4 Å². The number of nitrogens with zero attached hydrogens (tertiary/aromatic N) is 1. The highest BCUT2D eigenvalue weighted by molar-refractivity contribution is 5.65. The zero-order valence-corrected chi connectivity index (χ0v) is 13.5. The van der Waals surface area contributed by atoms with E-state index < -0.39 is 0 Å². The van der Waals surface area contributed by atoms with Gasteiger partial charge in [-0.2, -0.15) is 5.26 Å². The summed E-state index contributed by atoms with van der Waals surface area (Å²) in [6.45, 7) is 0.0460.